The SMILES string of the molecule is CCC=CCC=CCC=CCC=CCC=CCC=CCCC(=O)N1CCOCC1CNC(=O)C=CC(=O)OC. The van der Waals surface area contributed by atoms with Crippen molar-refractivity contribution in [2.24, 2.45) is 0 Å². The Morgan fingerprint density at radius 1 is 0.821 bits per heavy atom. The zero-order valence-electron chi connectivity index (χ0n) is 23.6. The van der Waals surface area contributed by atoms with Crippen LogP contribution >= 0.6 is 0 Å². The Balaban J connectivity index is 2.19. The summed E-state index contributed by atoms with van der Waals surface area (Å²) in [6, 6.07) is -0.230. The third kappa shape index (κ3) is 18.4. The van der Waals surface area contributed by atoms with E-state index in [-0.39, 0.29) is 18.5 Å². The molecule has 214 valence electrons. The molecule has 39 heavy (non-hydrogen) atoms. The monoisotopic (exact) mass is 538 g/mol. The summed E-state index contributed by atoms with van der Waals surface area (Å²) in [6.45, 7) is 3.76. The van der Waals surface area contributed by atoms with Crippen molar-refractivity contribution >= 4 is 17.8 Å². The van der Waals surface area contributed by atoms with Gasteiger partial charge in [-0.3, -0.25) is 9.59 Å². The standard InChI is InChI=1S/C32H46N2O5/c1-3-4-5-6-7-8-9-10-11-12-13-14-15-16-17-18-19-20-21-22-31(36)34-25-26-39-28-29(34)27-33-30(35)23-24-32(37)38-2/h4-5,7-8,10-11,13-14,16-17,19-20,23-24,29H,3,6,9,12,15,18,21-22,25-28H2,1-2H3,(H,33,35). The molecule has 7 nitrogen and oxygen atoms in total. The first-order valence-electron chi connectivity index (χ1n) is 13.9. The van der Waals surface area contributed by atoms with Gasteiger partial charge in [0.2, 0.25) is 11.8 Å². The summed E-state index contributed by atoms with van der Waals surface area (Å²) in [6.07, 6.45) is 35.0. The number of amides is 2. The number of morpholine rings is 1. The zero-order chi connectivity index (χ0) is 28.4. The van der Waals surface area contributed by atoms with Crippen molar-refractivity contribution in [2.45, 2.75) is 64.3 Å². The van der Waals surface area contributed by atoms with Crippen LogP contribution in [0.4, 0.5) is 0 Å². The lowest BCUT2D eigenvalue weighted by Crippen LogP contribution is -2.53. The van der Waals surface area contributed by atoms with Crippen molar-refractivity contribution in [1.82, 2.24) is 10.2 Å². The number of hydrogen-bond acceptors (Lipinski definition) is 5. The van der Waals surface area contributed by atoms with E-state index in [1.807, 2.05) is 6.08 Å². The molecule has 1 saturated heterocycles. The lowest BCUT2D eigenvalue weighted by atomic mass is 10.1. The Bertz CT molecular complexity index is 912. The van der Waals surface area contributed by atoms with Crippen molar-refractivity contribution in [2.75, 3.05) is 33.4 Å². The number of carbonyl (C=O) groups excluding carboxylic acids is 3. The molecule has 0 aromatic carbocycles. The van der Waals surface area contributed by atoms with Gasteiger partial charge in [-0.25, -0.2) is 4.79 Å². The minimum atomic E-state index is -0.600. The molecule has 0 radical (unpaired) electrons. The molecule has 1 aliphatic heterocycles. The summed E-state index contributed by atoms with van der Waals surface area (Å²) >= 11 is 0. The molecule has 7 heteroatoms. The molecule has 1 fully saturated rings. The van der Waals surface area contributed by atoms with E-state index in [9.17, 15) is 14.4 Å². The van der Waals surface area contributed by atoms with Gasteiger partial charge in [0.15, 0.2) is 0 Å². The summed E-state index contributed by atoms with van der Waals surface area (Å²) in [5.74, 6) is -0.976. The molecule has 0 aliphatic carbocycles. The van der Waals surface area contributed by atoms with Crippen molar-refractivity contribution in [3.63, 3.8) is 0 Å². The predicted octanol–water partition coefficient (Wildman–Crippen LogP) is 5.54. The van der Waals surface area contributed by atoms with Crippen molar-refractivity contribution in [1.29, 1.82) is 0 Å². The van der Waals surface area contributed by atoms with Crippen LogP contribution in [0.1, 0.15) is 58.3 Å². The molecule has 1 unspecified atom stereocenters. The minimum Gasteiger partial charge on any atom is -0.466 e. The van der Waals surface area contributed by atoms with Crippen LogP contribution in [0.3, 0.4) is 0 Å². The maximum atomic E-state index is 12.7. The summed E-state index contributed by atoms with van der Waals surface area (Å²) in [5.41, 5.74) is 0. The number of nitrogens with one attached hydrogen (secondary N) is 1. The fraction of sp³-hybridized carbons (Fsp3) is 0.469. The molecule has 1 N–H and O–H groups in total. The highest BCUT2D eigenvalue weighted by Crippen LogP contribution is 2.10. The fourth-order valence-corrected chi connectivity index (χ4v) is 3.63. The Morgan fingerprint density at radius 3 is 1.90 bits per heavy atom. The van der Waals surface area contributed by atoms with Gasteiger partial charge in [-0.2, -0.15) is 0 Å². The largest absolute Gasteiger partial charge is 0.466 e. The highest BCUT2D eigenvalue weighted by atomic mass is 16.5. The Morgan fingerprint density at radius 2 is 1.36 bits per heavy atom. The maximum Gasteiger partial charge on any atom is 0.330 e. The van der Waals surface area contributed by atoms with E-state index in [2.05, 4.69) is 83.8 Å². The number of nitrogens with zero attached hydrogens (tertiary/aromatic N) is 1. The van der Waals surface area contributed by atoms with E-state index >= 15 is 0 Å². The van der Waals surface area contributed by atoms with Crippen LogP contribution in [-0.4, -0.2) is 62.1 Å². The highest BCUT2D eigenvalue weighted by molar-refractivity contribution is 5.94. The van der Waals surface area contributed by atoms with Gasteiger partial charge >= 0.3 is 5.97 Å². The van der Waals surface area contributed by atoms with Crippen LogP contribution in [0.2, 0.25) is 0 Å². The number of rotatable bonds is 18. The van der Waals surface area contributed by atoms with Gasteiger partial charge in [0.25, 0.3) is 0 Å². The molecule has 1 heterocycles. The lowest BCUT2D eigenvalue weighted by Gasteiger charge is -2.35. The Labute approximate surface area is 234 Å². The topological polar surface area (TPSA) is 84.9 Å². The van der Waals surface area contributed by atoms with Crippen LogP contribution in [0.25, 0.3) is 0 Å². The zero-order valence-corrected chi connectivity index (χ0v) is 23.6. The van der Waals surface area contributed by atoms with E-state index < -0.39 is 11.9 Å². The summed E-state index contributed by atoms with van der Waals surface area (Å²) in [5, 5.41) is 2.70. The molecule has 1 aliphatic rings. The van der Waals surface area contributed by atoms with Crippen LogP contribution in [-0.2, 0) is 23.9 Å². The molecule has 1 atom stereocenters. The van der Waals surface area contributed by atoms with E-state index in [0.29, 0.717) is 32.6 Å². The van der Waals surface area contributed by atoms with E-state index in [0.717, 1.165) is 50.7 Å². The molecule has 0 saturated carbocycles. The molecular formula is C32H46N2O5. The first-order chi connectivity index (χ1) is 19.1. The molecule has 0 aromatic rings. The number of esters is 1. The van der Waals surface area contributed by atoms with E-state index in [1.165, 1.54) is 7.11 Å². The molecular weight excluding hydrogens is 492 g/mol. The van der Waals surface area contributed by atoms with Gasteiger partial charge in [-0.05, 0) is 44.9 Å². The third-order valence-corrected chi connectivity index (χ3v) is 5.75. The van der Waals surface area contributed by atoms with Gasteiger partial charge in [0, 0.05) is 31.7 Å². The predicted molar refractivity (Wildman–Crippen MR) is 158 cm³/mol. The molecule has 0 bridgehead atoms. The van der Waals surface area contributed by atoms with Gasteiger partial charge in [-0.1, -0.05) is 79.8 Å². The first kappa shape index (κ1) is 33.6. The minimum absolute atomic E-state index is 0.0437. The van der Waals surface area contributed by atoms with Gasteiger partial charge in [0.1, 0.15) is 0 Å². The second kappa shape index (κ2) is 23.7. The normalized spacial score (nSPS) is 16.8. The summed E-state index contributed by atoms with van der Waals surface area (Å²) in [4.78, 5) is 37.4. The third-order valence-electron chi connectivity index (χ3n) is 5.75. The number of ether oxygens (including phenoxy) is 2. The second-order valence-electron chi connectivity index (χ2n) is 8.87. The van der Waals surface area contributed by atoms with E-state index in [4.69, 9.17) is 4.74 Å². The average molecular weight is 539 g/mol. The van der Waals surface area contributed by atoms with Crippen LogP contribution < -0.4 is 5.32 Å². The van der Waals surface area contributed by atoms with Crippen LogP contribution in [0.5, 0.6) is 0 Å². The van der Waals surface area contributed by atoms with Gasteiger partial charge < -0.3 is 19.7 Å². The first-order valence-corrected chi connectivity index (χ1v) is 13.9. The number of methoxy groups -OCH3 is 1. The highest BCUT2D eigenvalue weighted by Gasteiger charge is 2.26. The fourth-order valence-electron chi connectivity index (χ4n) is 3.63. The average Bonchev–Trinajstić information content (AvgIpc) is 2.95. The van der Waals surface area contributed by atoms with Crippen molar-refractivity contribution < 1.29 is 23.9 Å². The molecule has 2 amide bonds. The van der Waals surface area contributed by atoms with Gasteiger partial charge in [-0.15, -0.1) is 0 Å². The molecule has 0 spiro atoms. The number of hydrogen-bond donors (Lipinski definition) is 1. The second-order valence-corrected chi connectivity index (χ2v) is 8.87. The summed E-state index contributed by atoms with van der Waals surface area (Å²) < 4.78 is 9.95. The Kier molecular flexibility index (Phi) is 20.4. The number of allylic oxidation sites excluding steroid dienone is 12. The van der Waals surface area contributed by atoms with Crippen molar-refractivity contribution in [3.8, 4) is 0 Å². The number of carbonyl (C=O) groups is 3. The van der Waals surface area contributed by atoms with Crippen molar-refractivity contribution in [3.05, 3.63) is 85.1 Å². The lowest BCUT2D eigenvalue weighted by molar-refractivity contribution is -0.140. The molecule has 1 rings (SSSR count). The summed E-state index contributed by atoms with van der Waals surface area (Å²) in [7, 11) is 1.24. The maximum absolute atomic E-state index is 12.7. The van der Waals surface area contributed by atoms with Crippen LogP contribution in [0.15, 0.2) is 85.1 Å². The molecule has 0 aromatic heterocycles. The van der Waals surface area contributed by atoms with Crippen LogP contribution in [0, 0.1) is 0 Å². The smallest absolute Gasteiger partial charge is 0.330 e. The Hall–Kier alpha value is -3.45. The van der Waals surface area contributed by atoms with Gasteiger partial charge in [0.05, 0.1) is 26.4 Å². The quantitative estimate of drug-likeness (QED) is 0.141. The van der Waals surface area contributed by atoms with E-state index in [1.54, 1.807) is 4.90 Å².